The molecule has 0 amide bonds. The predicted molar refractivity (Wildman–Crippen MR) is 31.3 cm³/mol. The molecule has 0 bridgehead atoms. The van der Waals surface area contributed by atoms with Crippen LogP contribution in [0.4, 0.5) is 4.39 Å². The Morgan fingerprint density at radius 2 is 2.25 bits per heavy atom. The highest BCUT2D eigenvalue weighted by molar-refractivity contribution is 5.92. The average molecular weight is 114 g/mol. The normalized spacial score (nSPS) is 10.9. The maximum atomic E-state index is 12.0. The van der Waals surface area contributed by atoms with Gasteiger partial charge in [0.15, 0.2) is 11.7 Å². The summed E-state index contributed by atoms with van der Waals surface area (Å²) >= 11 is 0. The van der Waals surface area contributed by atoms with Gasteiger partial charge in [0, 0.05) is 0 Å². The summed E-state index contributed by atoms with van der Waals surface area (Å²) in [6, 6.07) is 0. The maximum Gasteiger partial charge on any atom is 0.164 e. The second-order valence-corrected chi connectivity index (χ2v) is 1.16. The van der Waals surface area contributed by atoms with E-state index in [1.165, 1.54) is 6.08 Å². The van der Waals surface area contributed by atoms with Gasteiger partial charge < -0.3 is 5.73 Å². The van der Waals surface area contributed by atoms with Crippen LogP contribution >= 0.6 is 0 Å². The second-order valence-electron chi connectivity index (χ2n) is 1.16. The van der Waals surface area contributed by atoms with Crippen LogP contribution in [0.1, 0.15) is 0 Å². The van der Waals surface area contributed by atoms with E-state index in [1.54, 1.807) is 0 Å². The van der Waals surface area contributed by atoms with E-state index in [9.17, 15) is 4.39 Å². The van der Waals surface area contributed by atoms with Crippen LogP contribution in [0.5, 0.6) is 0 Å². The Labute approximate surface area is 47.0 Å². The number of amidine groups is 1. The molecule has 3 heteroatoms. The summed E-state index contributed by atoms with van der Waals surface area (Å²) in [7, 11) is 0. The molecule has 3 N–H and O–H groups in total. The molecule has 0 aliphatic rings. The van der Waals surface area contributed by atoms with Gasteiger partial charge in [-0.25, -0.2) is 4.39 Å². The van der Waals surface area contributed by atoms with Crippen molar-refractivity contribution in [1.29, 1.82) is 5.41 Å². The third kappa shape index (κ3) is 2.12. The number of hydrogen-bond donors (Lipinski definition) is 2. The Morgan fingerprint density at radius 1 is 1.75 bits per heavy atom. The van der Waals surface area contributed by atoms with Gasteiger partial charge in [0.1, 0.15) is 0 Å². The molecule has 0 saturated carbocycles. The van der Waals surface area contributed by atoms with E-state index in [0.717, 1.165) is 6.08 Å². The average Bonchev–Trinajstić information content (AvgIpc) is 1.67. The molecule has 0 spiro atoms. The summed E-state index contributed by atoms with van der Waals surface area (Å²) in [5.41, 5.74) is 4.71. The van der Waals surface area contributed by atoms with E-state index in [2.05, 4.69) is 6.58 Å². The van der Waals surface area contributed by atoms with Crippen LogP contribution in [0, 0.1) is 5.41 Å². The van der Waals surface area contributed by atoms with E-state index in [1.807, 2.05) is 0 Å². The third-order valence-corrected chi connectivity index (χ3v) is 0.521. The van der Waals surface area contributed by atoms with Crippen molar-refractivity contribution in [3.63, 3.8) is 0 Å². The molecule has 0 heterocycles. The quantitative estimate of drug-likeness (QED) is 0.313. The molecule has 8 heavy (non-hydrogen) atoms. The second kappa shape index (κ2) is 2.96. The van der Waals surface area contributed by atoms with Crippen LogP contribution in [0.2, 0.25) is 0 Å². The molecular weight excluding hydrogens is 107 g/mol. The lowest BCUT2D eigenvalue weighted by molar-refractivity contribution is 0.678. The molecule has 44 valence electrons. The van der Waals surface area contributed by atoms with E-state index in [0.29, 0.717) is 0 Å². The maximum absolute atomic E-state index is 12.0. The molecule has 0 aromatic rings. The van der Waals surface area contributed by atoms with Crippen LogP contribution in [-0.2, 0) is 0 Å². The first kappa shape index (κ1) is 6.88. The van der Waals surface area contributed by atoms with Gasteiger partial charge in [0.2, 0.25) is 0 Å². The van der Waals surface area contributed by atoms with Gasteiger partial charge in [-0.2, -0.15) is 0 Å². The monoisotopic (exact) mass is 114 g/mol. The van der Waals surface area contributed by atoms with E-state index >= 15 is 0 Å². The molecule has 0 rings (SSSR count). The SMILES string of the molecule is C=C/C=C(/F)C(=N)N. The van der Waals surface area contributed by atoms with Gasteiger partial charge in [-0.05, 0) is 6.08 Å². The number of nitrogens with one attached hydrogen (secondary N) is 1. The summed E-state index contributed by atoms with van der Waals surface area (Å²) in [6.07, 6.45) is 2.26. The number of hydrogen-bond acceptors (Lipinski definition) is 1. The number of allylic oxidation sites excluding steroid dienone is 2. The summed E-state index contributed by atoms with van der Waals surface area (Å²) < 4.78 is 12.0. The van der Waals surface area contributed by atoms with Gasteiger partial charge in [-0.3, -0.25) is 5.41 Å². The topological polar surface area (TPSA) is 49.9 Å². The van der Waals surface area contributed by atoms with E-state index in [-0.39, 0.29) is 0 Å². The van der Waals surface area contributed by atoms with E-state index < -0.39 is 11.7 Å². The number of halogens is 1. The van der Waals surface area contributed by atoms with Gasteiger partial charge in [0.05, 0.1) is 0 Å². The Bertz CT molecular complexity index is 137. The summed E-state index contributed by atoms with van der Waals surface area (Å²) in [5, 5.41) is 6.49. The van der Waals surface area contributed by atoms with Crippen LogP contribution in [0.25, 0.3) is 0 Å². The molecule has 0 unspecified atom stereocenters. The zero-order valence-electron chi connectivity index (χ0n) is 4.32. The van der Waals surface area contributed by atoms with Crippen LogP contribution in [-0.4, -0.2) is 5.84 Å². The van der Waals surface area contributed by atoms with Crippen molar-refractivity contribution in [1.82, 2.24) is 0 Å². The fourth-order valence-electron chi connectivity index (χ4n) is 0.193. The van der Waals surface area contributed by atoms with Gasteiger partial charge in [-0.15, -0.1) is 0 Å². The molecule has 0 aliphatic carbocycles. The van der Waals surface area contributed by atoms with Crippen molar-refractivity contribution in [2.75, 3.05) is 0 Å². The fraction of sp³-hybridized carbons (Fsp3) is 0. The lowest BCUT2D eigenvalue weighted by Crippen LogP contribution is -2.09. The van der Waals surface area contributed by atoms with Crippen LogP contribution in [0.15, 0.2) is 24.6 Å². The van der Waals surface area contributed by atoms with Crippen molar-refractivity contribution in [3.8, 4) is 0 Å². The highest BCUT2D eigenvalue weighted by Crippen LogP contribution is 1.92. The minimum atomic E-state index is -0.750. The predicted octanol–water partition coefficient (Wildman–Crippen LogP) is 0.962. The molecule has 2 nitrogen and oxygen atoms in total. The van der Waals surface area contributed by atoms with Gasteiger partial charge in [0.25, 0.3) is 0 Å². The summed E-state index contributed by atoms with van der Waals surface area (Å²) in [5.74, 6) is -1.31. The Kier molecular flexibility index (Phi) is 2.54. The van der Waals surface area contributed by atoms with Crippen molar-refractivity contribution >= 4 is 5.84 Å². The molecule has 0 atom stereocenters. The summed E-state index contributed by atoms with van der Waals surface area (Å²) in [4.78, 5) is 0. The van der Waals surface area contributed by atoms with Crippen molar-refractivity contribution in [2.24, 2.45) is 5.73 Å². The minimum absolute atomic E-state index is 0.565. The van der Waals surface area contributed by atoms with Gasteiger partial charge >= 0.3 is 0 Å². The first-order chi connectivity index (χ1) is 3.68. The molecule has 0 saturated heterocycles. The van der Waals surface area contributed by atoms with Crippen LogP contribution in [0.3, 0.4) is 0 Å². The lowest BCUT2D eigenvalue weighted by Gasteiger charge is -1.86. The number of nitrogens with two attached hydrogens (primary N) is 1. The minimum Gasteiger partial charge on any atom is -0.382 e. The van der Waals surface area contributed by atoms with Gasteiger partial charge in [-0.1, -0.05) is 12.7 Å². The Morgan fingerprint density at radius 3 is 2.38 bits per heavy atom. The number of rotatable bonds is 2. The molecule has 0 fully saturated rings. The molecule has 0 aromatic heterocycles. The highest BCUT2D eigenvalue weighted by atomic mass is 19.1. The van der Waals surface area contributed by atoms with Crippen molar-refractivity contribution in [3.05, 3.63) is 24.6 Å². The van der Waals surface area contributed by atoms with E-state index in [4.69, 9.17) is 11.1 Å². The molecule has 0 radical (unpaired) electrons. The fourth-order valence-corrected chi connectivity index (χ4v) is 0.193. The highest BCUT2D eigenvalue weighted by Gasteiger charge is 1.92. The third-order valence-electron chi connectivity index (χ3n) is 0.521. The molecular formula is C5H7FN2. The first-order valence-corrected chi connectivity index (χ1v) is 2.01. The van der Waals surface area contributed by atoms with Crippen LogP contribution < -0.4 is 5.73 Å². The Hall–Kier alpha value is -1.12. The smallest absolute Gasteiger partial charge is 0.164 e. The first-order valence-electron chi connectivity index (χ1n) is 2.01. The largest absolute Gasteiger partial charge is 0.382 e. The van der Waals surface area contributed by atoms with Crippen molar-refractivity contribution in [2.45, 2.75) is 0 Å². The Balaban J connectivity index is 3.99. The zero-order valence-corrected chi connectivity index (χ0v) is 4.32. The summed E-state index contributed by atoms with van der Waals surface area (Å²) in [6.45, 7) is 3.21. The molecule has 0 aromatic carbocycles. The molecule has 0 aliphatic heterocycles. The zero-order chi connectivity index (χ0) is 6.57. The standard InChI is InChI=1S/C5H7FN2/c1-2-3-4(6)5(7)8/h2-3H,1H2,(H3,7,8)/b4-3+. The lowest BCUT2D eigenvalue weighted by atomic mass is 10.4. The van der Waals surface area contributed by atoms with Crippen molar-refractivity contribution < 1.29 is 4.39 Å².